The van der Waals surface area contributed by atoms with Crippen LogP contribution in [0.5, 0.6) is 0 Å². The zero-order valence-electron chi connectivity index (χ0n) is 12.0. The van der Waals surface area contributed by atoms with Gasteiger partial charge in [0.05, 0.1) is 18.3 Å². The highest BCUT2D eigenvalue weighted by atomic mass is 16.6. The van der Waals surface area contributed by atoms with E-state index in [-0.39, 0.29) is 0 Å². The SMILES string of the molecule is CB([O-])OC1[C@@H](OB(C)[O-])[C@H](O)C(O)[C@@H](O)[C@H]1OB(C)[O-]. The molecule has 120 valence electrons. The molecular weight excluding hydrogens is 285 g/mol. The molecule has 0 aromatic rings. The minimum atomic E-state index is -1.71. The molecule has 3 N–H and O–H groups in total. The summed E-state index contributed by atoms with van der Waals surface area (Å²) in [4.78, 5) is 0. The maximum atomic E-state index is 11.2. The van der Waals surface area contributed by atoms with Gasteiger partial charge in [-0.1, -0.05) is 20.5 Å². The molecule has 0 aliphatic heterocycles. The van der Waals surface area contributed by atoms with Gasteiger partial charge in [-0.3, -0.25) is 0 Å². The summed E-state index contributed by atoms with van der Waals surface area (Å²) >= 11 is 0. The highest BCUT2D eigenvalue weighted by Gasteiger charge is 2.50. The first-order valence-corrected chi connectivity index (χ1v) is 6.63. The van der Waals surface area contributed by atoms with E-state index in [9.17, 15) is 30.4 Å². The molecule has 1 aliphatic rings. The second kappa shape index (κ2) is 7.91. The van der Waals surface area contributed by atoms with Crippen LogP contribution < -0.4 is 15.1 Å². The number of rotatable bonds is 6. The normalized spacial score (nSPS) is 36.4. The molecule has 1 aliphatic carbocycles. The summed E-state index contributed by atoms with van der Waals surface area (Å²) in [5.74, 6) is 0. The van der Waals surface area contributed by atoms with Crippen molar-refractivity contribution < 1.29 is 44.4 Å². The lowest BCUT2D eigenvalue weighted by Gasteiger charge is -2.49. The van der Waals surface area contributed by atoms with Crippen LogP contribution in [0.1, 0.15) is 0 Å². The standard InChI is InChI=1S/C9H18B3O9/c1-10(16)19-7-5(14)4(13)6(15)8(20-11(2)17)9(7)21-12(3)18/h4-9,13-15H,1-3H3/q-3/t4?,5-,6-,7-,8+,9?/m1/s1. The predicted octanol–water partition coefficient (Wildman–Crippen LogP) is -5.33. The Morgan fingerprint density at radius 1 is 0.619 bits per heavy atom. The van der Waals surface area contributed by atoms with Gasteiger partial charge in [0.1, 0.15) is 18.3 Å². The van der Waals surface area contributed by atoms with Gasteiger partial charge >= 0.3 is 0 Å². The lowest BCUT2D eigenvalue weighted by Crippen LogP contribution is -2.69. The van der Waals surface area contributed by atoms with Crippen LogP contribution in [0, 0.1) is 0 Å². The summed E-state index contributed by atoms with van der Waals surface area (Å²) in [6.07, 6.45) is -9.21. The van der Waals surface area contributed by atoms with Crippen molar-refractivity contribution in [3.63, 3.8) is 0 Å². The number of aliphatic hydroxyl groups is 3. The maximum absolute atomic E-state index is 11.2. The largest absolute Gasteiger partial charge is 0.856 e. The summed E-state index contributed by atoms with van der Waals surface area (Å²) in [6, 6.07) is 0. The van der Waals surface area contributed by atoms with Crippen molar-refractivity contribution in [3.05, 3.63) is 0 Å². The van der Waals surface area contributed by atoms with E-state index >= 15 is 0 Å². The molecule has 1 rings (SSSR count). The van der Waals surface area contributed by atoms with Crippen LogP contribution >= 0.6 is 0 Å². The lowest BCUT2D eigenvalue weighted by molar-refractivity contribution is -0.282. The van der Waals surface area contributed by atoms with Gasteiger partial charge in [-0.2, -0.15) is 0 Å². The van der Waals surface area contributed by atoms with Crippen LogP contribution in [0.25, 0.3) is 0 Å². The smallest absolute Gasteiger partial charge is 0.180 e. The number of hydrogen-bond acceptors (Lipinski definition) is 9. The molecule has 12 heteroatoms. The van der Waals surface area contributed by atoms with Crippen molar-refractivity contribution in [2.75, 3.05) is 0 Å². The van der Waals surface area contributed by atoms with Crippen molar-refractivity contribution in [2.24, 2.45) is 0 Å². The van der Waals surface area contributed by atoms with Crippen LogP contribution in [0.3, 0.4) is 0 Å². The van der Waals surface area contributed by atoms with Gasteiger partial charge in [-0.25, -0.2) is 0 Å². The molecule has 2 unspecified atom stereocenters. The van der Waals surface area contributed by atoms with E-state index in [0.29, 0.717) is 0 Å². The van der Waals surface area contributed by atoms with Gasteiger partial charge in [0.15, 0.2) is 21.4 Å². The van der Waals surface area contributed by atoms with Crippen LogP contribution in [0.15, 0.2) is 0 Å². The van der Waals surface area contributed by atoms with E-state index in [1.165, 1.54) is 0 Å². The quantitative estimate of drug-likeness (QED) is 0.407. The Morgan fingerprint density at radius 2 is 0.905 bits per heavy atom. The van der Waals surface area contributed by atoms with E-state index in [0.717, 1.165) is 20.5 Å². The molecule has 1 fully saturated rings. The van der Waals surface area contributed by atoms with Crippen molar-refractivity contribution in [1.82, 2.24) is 0 Å². The Bertz CT molecular complexity index is 295. The Labute approximate surface area is 123 Å². The van der Waals surface area contributed by atoms with Crippen molar-refractivity contribution in [1.29, 1.82) is 0 Å². The molecule has 0 aromatic heterocycles. The van der Waals surface area contributed by atoms with Crippen molar-refractivity contribution in [2.45, 2.75) is 57.1 Å². The van der Waals surface area contributed by atoms with Gasteiger partial charge in [-0.15, -0.1) is 0 Å². The topological polar surface area (TPSA) is 158 Å². The first kappa shape index (κ1) is 18.9. The van der Waals surface area contributed by atoms with E-state index in [1.807, 2.05) is 0 Å². The van der Waals surface area contributed by atoms with Gasteiger partial charge in [0.2, 0.25) is 0 Å². The lowest BCUT2D eigenvalue weighted by atomic mass is 9.80. The second-order valence-electron chi connectivity index (χ2n) is 4.98. The molecule has 0 saturated heterocycles. The molecule has 1 saturated carbocycles. The minimum Gasteiger partial charge on any atom is -0.856 e. The third-order valence-corrected chi connectivity index (χ3v) is 3.07. The van der Waals surface area contributed by atoms with Crippen molar-refractivity contribution >= 4 is 21.4 Å². The fraction of sp³-hybridized carbons (Fsp3) is 1.00. The fourth-order valence-electron chi connectivity index (χ4n) is 2.30. The molecule has 0 aromatic carbocycles. The molecule has 6 atom stereocenters. The zero-order chi connectivity index (χ0) is 16.3. The molecule has 21 heavy (non-hydrogen) atoms. The van der Waals surface area contributed by atoms with E-state index in [2.05, 4.69) is 0 Å². The summed E-state index contributed by atoms with van der Waals surface area (Å²) in [5.41, 5.74) is 0. The number of hydrogen-bond donors (Lipinski definition) is 3. The van der Waals surface area contributed by atoms with Crippen LogP contribution in [0.4, 0.5) is 0 Å². The van der Waals surface area contributed by atoms with Gasteiger partial charge < -0.3 is 44.4 Å². The van der Waals surface area contributed by atoms with E-state index in [4.69, 9.17) is 14.0 Å². The Balaban J connectivity index is 3.05. The van der Waals surface area contributed by atoms with E-state index < -0.39 is 58.0 Å². The Kier molecular flexibility index (Phi) is 7.11. The average Bonchev–Trinajstić information content (AvgIpc) is 2.35. The minimum absolute atomic E-state index is 1.15. The monoisotopic (exact) mass is 303 g/mol. The predicted molar refractivity (Wildman–Crippen MR) is 67.5 cm³/mol. The summed E-state index contributed by atoms with van der Waals surface area (Å²) in [7, 11) is -4.73. The zero-order valence-corrected chi connectivity index (χ0v) is 12.0. The van der Waals surface area contributed by atoms with Crippen LogP contribution in [-0.4, -0.2) is 73.3 Å². The molecule has 0 heterocycles. The van der Waals surface area contributed by atoms with E-state index in [1.54, 1.807) is 0 Å². The second-order valence-corrected chi connectivity index (χ2v) is 4.98. The molecular formula is C9H18B3O9-3. The van der Waals surface area contributed by atoms with Gasteiger partial charge in [0.25, 0.3) is 0 Å². The molecule has 0 spiro atoms. The molecule has 9 nitrogen and oxygen atoms in total. The van der Waals surface area contributed by atoms with Crippen LogP contribution in [0.2, 0.25) is 20.5 Å². The van der Waals surface area contributed by atoms with Crippen molar-refractivity contribution in [3.8, 4) is 0 Å². The molecule has 0 bridgehead atoms. The summed E-state index contributed by atoms with van der Waals surface area (Å²) < 4.78 is 14.8. The third kappa shape index (κ3) is 4.91. The first-order chi connectivity index (χ1) is 9.65. The average molecular weight is 303 g/mol. The van der Waals surface area contributed by atoms with Gasteiger partial charge in [-0.05, 0) is 0 Å². The van der Waals surface area contributed by atoms with Crippen LogP contribution in [-0.2, 0) is 14.0 Å². The Morgan fingerprint density at radius 3 is 1.19 bits per heavy atom. The molecule has 0 amide bonds. The highest BCUT2D eigenvalue weighted by Crippen LogP contribution is 2.28. The van der Waals surface area contributed by atoms with Gasteiger partial charge in [0, 0.05) is 0 Å². The third-order valence-electron chi connectivity index (χ3n) is 3.07. The Hall–Kier alpha value is -0.165. The number of aliphatic hydroxyl groups excluding tert-OH is 3. The molecule has 0 radical (unpaired) electrons. The first-order valence-electron chi connectivity index (χ1n) is 6.63. The summed E-state index contributed by atoms with van der Waals surface area (Å²) in [5, 5.41) is 63.2. The maximum Gasteiger partial charge on any atom is 0.180 e. The fourth-order valence-corrected chi connectivity index (χ4v) is 2.30. The highest BCUT2D eigenvalue weighted by molar-refractivity contribution is 6.39. The summed E-state index contributed by atoms with van der Waals surface area (Å²) in [6.45, 7) is 3.45.